The van der Waals surface area contributed by atoms with Crippen LogP contribution in [0.4, 0.5) is 4.79 Å². The van der Waals surface area contributed by atoms with Crippen molar-refractivity contribution < 1.29 is 29.3 Å². The van der Waals surface area contributed by atoms with Gasteiger partial charge in [0.15, 0.2) is 5.60 Å². The Morgan fingerprint density at radius 3 is 2.31 bits per heavy atom. The van der Waals surface area contributed by atoms with Crippen LogP contribution >= 0.6 is 0 Å². The highest BCUT2D eigenvalue weighted by atomic mass is 16.5. The number of nitrogens with one attached hydrogen (secondary N) is 1. The van der Waals surface area contributed by atoms with Gasteiger partial charge in [0, 0.05) is 31.3 Å². The van der Waals surface area contributed by atoms with E-state index in [-0.39, 0.29) is 49.8 Å². The summed E-state index contributed by atoms with van der Waals surface area (Å²) in [5, 5.41) is 22.2. The predicted octanol–water partition coefficient (Wildman–Crippen LogP) is 2.99. The molecule has 3 N–H and O–H groups in total. The van der Waals surface area contributed by atoms with E-state index >= 15 is 0 Å². The molecule has 35 heavy (non-hydrogen) atoms. The summed E-state index contributed by atoms with van der Waals surface area (Å²) in [7, 11) is 0. The third-order valence-corrected chi connectivity index (χ3v) is 7.79. The van der Waals surface area contributed by atoms with E-state index in [9.17, 15) is 24.6 Å². The Bertz CT molecular complexity index is 1100. The van der Waals surface area contributed by atoms with Gasteiger partial charge < -0.3 is 25.2 Å². The molecule has 0 bridgehead atoms. The zero-order valence-corrected chi connectivity index (χ0v) is 19.5. The number of rotatable bonds is 6. The number of ether oxygens (including phenoxy) is 1. The Hall–Kier alpha value is -3.39. The molecule has 1 heterocycles. The van der Waals surface area contributed by atoms with Crippen LogP contribution in [0, 0.1) is 11.8 Å². The highest BCUT2D eigenvalue weighted by Crippen LogP contribution is 2.44. The molecule has 0 spiro atoms. The lowest BCUT2D eigenvalue weighted by Crippen LogP contribution is -2.45. The summed E-state index contributed by atoms with van der Waals surface area (Å²) >= 11 is 0. The SMILES string of the molecule is O=C(NC[C@@H]1CCC[C@@H]1C(=O)N1CCC(O)(C(=O)O)C1)OCC1c2ccccc2-c2ccccc21. The largest absolute Gasteiger partial charge is 0.479 e. The maximum Gasteiger partial charge on any atom is 0.407 e. The molecular weight excluding hydrogens is 448 g/mol. The number of carboxylic acid groups (broad SMARTS) is 1. The summed E-state index contributed by atoms with van der Waals surface area (Å²) in [6.07, 6.45) is 1.88. The number of aliphatic carboxylic acids is 1. The van der Waals surface area contributed by atoms with Gasteiger partial charge in [0.05, 0.1) is 6.54 Å². The lowest BCUT2D eigenvalue weighted by atomic mass is 9.94. The first-order valence-corrected chi connectivity index (χ1v) is 12.2. The monoisotopic (exact) mass is 478 g/mol. The van der Waals surface area contributed by atoms with Crippen molar-refractivity contribution in [1.29, 1.82) is 0 Å². The first-order valence-electron chi connectivity index (χ1n) is 12.2. The van der Waals surface area contributed by atoms with Gasteiger partial charge >= 0.3 is 12.1 Å². The average Bonchev–Trinajstić information content (AvgIpc) is 3.57. The normalized spacial score (nSPS) is 25.2. The number of fused-ring (bicyclic) bond motifs is 3. The van der Waals surface area contributed by atoms with E-state index < -0.39 is 17.7 Å². The smallest absolute Gasteiger partial charge is 0.407 e. The van der Waals surface area contributed by atoms with Crippen molar-refractivity contribution >= 4 is 18.0 Å². The minimum atomic E-state index is -1.87. The number of alkyl carbamates (subject to hydrolysis) is 1. The van der Waals surface area contributed by atoms with Crippen molar-refractivity contribution in [3.63, 3.8) is 0 Å². The molecule has 2 aromatic rings. The number of amides is 2. The fraction of sp³-hybridized carbons (Fsp3) is 0.444. The summed E-state index contributed by atoms with van der Waals surface area (Å²) in [5.74, 6) is -1.79. The molecule has 2 fully saturated rings. The summed E-state index contributed by atoms with van der Waals surface area (Å²) in [6.45, 7) is 0.591. The van der Waals surface area contributed by atoms with Crippen molar-refractivity contribution in [3.05, 3.63) is 59.7 Å². The zero-order valence-electron chi connectivity index (χ0n) is 19.5. The number of carboxylic acids is 1. The minimum absolute atomic E-state index is 0.0166. The topological polar surface area (TPSA) is 116 Å². The molecule has 3 atom stereocenters. The molecule has 2 aliphatic carbocycles. The number of aliphatic hydroxyl groups is 1. The van der Waals surface area contributed by atoms with Crippen molar-refractivity contribution in [3.8, 4) is 11.1 Å². The van der Waals surface area contributed by atoms with Crippen LogP contribution in [0.3, 0.4) is 0 Å². The highest BCUT2D eigenvalue weighted by Gasteiger charge is 2.47. The van der Waals surface area contributed by atoms with Crippen LogP contribution in [0.25, 0.3) is 11.1 Å². The fourth-order valence-corrected chi connectivity index (χ4v) is 5.86. The van der Waals surface area contributed by atoms with Crippen LogP contribution in [0.2, 0.25) is 0 Å². The number of β-amino-alcohol motifs (C(OH)–C–C–N with tert-alkyl or cyclic N) is 1. The maximum absolute atomic E-state index is 13.0. The molecule has 0 radical (unpaired) electrons. The molecule has 184 valence electrons. The number of hydrogen-bond acceptors (Lipinski definition) is 5. The van der Waals surface area contributed by atoms with Crippen LogP contribution in [-0.2, 0) is 14.3 Å². The second kappa shape index (κ2) is 9.34. The first-order chi connectivity index (χ1) is 16.9. The number of likely N-dealkylation sites (tertiary alicyclic amines) is 1. The predicted molar refractivity (Wildman–Crippen MR) is 128 cm³/mol. The van der Waals surface area contributed by atoms with Gasteiger partial charge in [-0.2, -0.15) is 0 Å². The standard InChI is InChI=1S/C27H30N2O6/c30-24(29-13-12-27(34,16-29)25(31)32)18-11-5-6-17(18)14-28-26(33)35-15-23-21-9-3-1-7-19(21)20-8-2-4-10-22(20)23/h1-4,7-10,17-18,23,34H,5-6,11-16H2,(H,28,33)(H,31,32)/t17-,18-,27?/m0/s1. The summed E-state index contributed by atoms with van der Waals surface area (Å²) < 4.78 is 5.60. The first kappa shape index (κ1) is 23.4. The van der Waals surface area contributed by atoms with Gasteiger partial charge in [-0.1, -0.05) is 55.0 Å². The Morgan fingerprint density at radius 2 is 1.69 bits per heavy atom. The van der Waals surface area contributed by atoms with Crippen molar-refractivity contribution in [2.75, 3.05) is 26.2 Å². The molecule has 8 nitrogen and oxygen atoms in total. The van der Waals surface area contributed by atoms with Gasteiger partial charge in [0.25, 0.3) is 0 Å². The molecule has 1 saturated heterocycles. The minimum Gasteiger partial charge on any atom is -0.479 e. The Morgan fingerprint density at radius 1 is 1.03 bits per heavy atom. The summed E-state index contributed by atoms with van der Waals surface area (Å²) in [6, 6.07) is 16.3. The van der Waals surface area contributed by atoms with Crippen LogP contribution in [0.5, 0.6) is 0 Å². The average molecular weight is 479 g/mol. The molecule has 2 amide bonds. The quantitative estimate of drug-likeness (QED) is 0.588. The number of hydrogen-bond donors (Lipinski definition) is 3. The van der Waals surface area contributed by atoms with Crippen LogP contribution in [-0.4, -0.2) is 64.9 Å². The lowest BCUT2D eigenvalue weighted by Gasteiger charge is -2.26. The van der Waals surface area contributed by atoms with Gasteiger partial charge in [-0.3, -0.25) is 4.79 Å². The van der Waals surface area contributed by atoms with E-state index in [0.29, 0.717) is 13.0 Å². The molecule has 1 aliphatic heterocycles. The van der Waals surface area contributed by atoms with Gasteiger partial charge in [0.2, 0.25) is 5.91 Å². The molecule has 8 heteroatoms. The van der Waals surface area contributed by atoms with Gasteiger partial charge in [0.1, 0.15) is 6.61 Å². The van der Waals surface area contributed by atoms with Crippen LogP contribution < -0.4 is 5.32 Å². The van der Waals surface area contributed by atoms with E-state index in [1.165, 1.54) is 16.0 Å². The van der Waals surface area contributed by atoms with E-state index in [1.807, 2.05) is 24.3 Å². The number of benzene rings is 2. The maximum atomic E-state index is 13.0. The Balaban J connectivity index is 1.15. The molecule has 1 unspecified atom stereocenters. The third kappa shape index (κ3) is 4.38. The highest BCUT2D eigenvalue weighted by molar-refractivity contribution is 5.84. The van der Waals surface area contributed by atoms with Gasteiger partial charge in [-0.05, 0) is 41.0 Å². The van der Waals surface area contributed by atoms with Crippen molar-refractivity contribution in [2.45, 2.75) is 37.2 Å². The Labute approximate surface area is 203 Å². The van der Waals surface area contributed by atoms with E-state index in [1.54, 1.807) is 0 Å². The van der Waals surface area contributed by atoms with Gasteiger partial charge in [-0.25, -0.2) is 9.59 Å². The molecule has 5 rings (SSSR count). The van der Waals surface area contributed by atoms with E-state index in [4.69, 9.17) is 4.74 Å². The number of carbonyl (C=O) groups is 3. The fourth-order valence-electron chi connectivity index (χ4n) is 5.86. The second-order valence-corrected chi connectivity index (χ2v) is 9.85. The zero-order chi connectivity index (χ0) is 24.6. The molecule has 3 aliphatic rings. The van der Waals surface area contributed by atoms with Gasteiger partial charge in [-0.15, -0.1) is 0 Å². The Kier molecular flexibility index (Phi) is 6.23. The van der Waals surface area contributed by atoms with E-state index in [0.717, 1.165) is 24.0 Å². The second-order valence-electron chi connectivity index (χ2n) is 9.85. The lowest BCUT2D eigenvalue weighted by molar-refractivity contribution is -0.157. The number of carbonyl (C=O) groups excluding carboxylic acids is 2. The third-order valence-electron chi connectivity index (χ3n) is 7.79. The molecular formula is C27H30N2O6. The molecule has 1 saturated carbocycles. The van der Waals surface area contributed by atoms with E-state index in [2.05, 4.69) is 29.6 Å². The number of nitrogens with zero attached hydrogens (tertiary/aromatic N) is 1. The van der Waals surface area contributed by atoms with Crippen molar-refractivity contribution in [1.82, 2.24) is 10.2 Å². The summed E-state index contributed by atoms with van der Waals surface area (Å²) in [5.41, 5.74) is 2.76. The molecule has 2 aromatic carbocycles. The van der Waals surface area contributed by atoms with Crippen LogP contribution in [0.15, 0.2) is 48.5 Å². The molecule has 0 aromatic heterocycles. The van der Waals surface area contributed by atoms with Crippen LogP contribution in [0.1, 0.15) is 42.7 Å². The van der Waals surface area contributed by atoms with Crippen molar-refractivity contribution in [2.24, 2.45) is 11.8 Å². The summed E-state index contributed by atoms with van der Waals surface area (Å²) in [4.78, 5) is 38.3.